The molecule has 1 aromatic heterocycles. The van der Waals surface area contributed by atoms with Crippen LogP contribution in [0.25, 0.3) is 0 Å². The first kappa shape index (κ1) is 15.2. The van der Waals surface area contributed by atoms with E-state index in [1.807, 2.05) is 4.57 Å². The summed E-state index contributed by atoms with van der Waals surface area (Å²) in [5, 5.41) is 13.1. The number of amides is 2. The van der Waals surface area contributed by atoms with Crippen molar-refractivity contribution in [3.63, 3.8) is 0 Å². The number of alkyl halides is 2. The minimum atomic E-state index is -2.87. The first-order chi connectivity index (χ1) is 11.1. The van der Waals surface area contributed by atoms with Crippen LogP contribution < -0.4 is 15.4 Å². The predicted octanol–water partition coefficient (Wildman–Crippen LogP) is 2.54. The van der Waals surface area contributed by atoms with E-state index in [4.69, 9.17) is 0 Å². The lowest BCUT2D eigenvalue weighted by atomic mass is 10.3. The standard InChI is InChI=1S/C14H15F2N5O2/c15-13(16)23-11-5-1-9(2-6-11)19-14(22)17-7-12-20-18-8-21(12)10-3-4-10/h1-2,5-6,8,10,13H,3-4,7H2,(H2,17,19,22). The van der Waals surface area contributed by atoms with Crippen LogP contribution in [0.2, 0.25) is 0 Å². The van der Waals surface area contributed by atoms with Gasteiger partial charge in [-0.1, -0.05) is 0 Å². The van der Waals surface area contributed by atoms with E-state index < -0.39 is 12.6 Å². The normalized spacial score (nSPS) is 13.9. The summed E-state index contributed by atoms with van der Waals surface area (Å²) in [6.07, 6.45) is 3.86. The number of hydrogen-bond donors (Lipinski definition) is 2. The van der Waals surface area contributed by atoms with Gasteiger partial charge in [0.15, 0.2) is 5.82 Å². The first-order valence-electron chi connectivity index (χ1n) is 7.10. The molecule has 0 aliphatic heterocycles. The van der Waals surface area contributed by atoms with Crippen LogP contribution in [0.5, 0.6) is 5.75 Å². The Balaban J connectivity index is 1.50. The average molecular weight is 323 g/mol. The van der Waals surface area contributed by atoms with Gasteiger partial charge in [-0.25, -0.2) is 4.79 Å². The second-order valence-electron chi connectivity index (χ2n) is 5.10. The summed E-state index contributed by atoms with van der Waals surface area (Å²) in [6.45, 7) is -2.62. The molecule has 122 valence electrons. The largest absolute Gasteiger partial charge is 0.435 e. The quantitative estimate of drug-likeness (QED) is 0.856. The maximum absolute atomic E-state index is 12.0. The second-order valence-corrected chi connectivity index (χ2v) is 5.10. The lowest BCUT2D eigenvalue weighted by Crippen LogP contribution is -2.29. The molecular formula is C14H15F2N5O2. The van der Waals surface area contributed by atoms with Crippen molar-refractivity contribution >= 4 is 11.7 Å². The maximum atomic E-state index is 12.0. The van der Waals surface area contributed by atoms with E-state index in [0.29, 0.717) is 17.6 Å². The number of aromatic nitrogens is 3. The van der Waals surface area contributed by atoms with Crippen LogP contribution in [0, 0.1) is 0 Å². The van der Waals surface area contributed by atoms with Gasteiger partial charge in [-0.15, -0.1) is 10.2 Å². The van der Waals surface area contributed by atoms with Gasteiger partial charge in [-0.3, -0.25) is 0 Å². The lowest BCUT2D eigenvalue weighted by molar-refractivity contribution is -0.0498. The highest BCUT2D eigenvalue weighted by molar-refractivity contribution is 5.89. The van der Waals surface area contributed by atoms with Crippen LogP contribution in [0.4, 0.5) is 19.3 Å². The zero-order valence-electron chi connectivity index (χ0n) is 12.1. The van der Waals surface area contributed by atoms with Gasteiger partial charge in [0.05, 0.1) is 6.54 Å². The van der Waals surface area contributed by atoms with Crippen LogP contribution in [0.1, 0.15) is 24.7 Å². The SMILES string of the molecule is O=C(NCc1nncn1C1CC1)Nc1ccc(OC(F)F)cc1. The highest BCUT2D eigenvalue weighted by Gasteiger charge is 2.25. The van der Waals surface area contributed by atoms with Crippen LogP contribution in [0.3, 0.4) is 0 Å². The molecule has 1 aromatic carbocycles. The monoisotopic (exact) mass is 323 g/mol. The van der Waals surface area contributed by atoms with Crippen molar-refractivity contribution in [2.45, 2.75) is 32.0 Å². The van der Waals surface area contributed by atoms with Crippen molar-refractivity contribution < 1.29 is 18.3 Å². The van der Waals surface area contributed by atoms with E-state index >= 15 is 0 Å². The Morgan fingerprint density at radius 1 is 1.35 bits per heavy atom. The van der Waals surface area contributed by atoms with E-state index in [-0.39, 0.29) is 12.3 Å². The number of urea groups is 1. The van der Waals surface area contributed by atoms with Crippen LogP contribution >= 0.6 is 0 Å². The third-order valence-corrected chi connectivity index (χ3v) is 3.33. The third kappa shape index (κ3) is 4.15. The molecule has 1 aliphatic rings. The molecule has 0 bridgehead atoms. The molecule has 3 rings (SSSR count). The Hall–Kier alpha value is -2.71. The van der Waals surface area contributed by atoms with Crippen LogP contribution in [-0.4, -0.2) is 27.4 Å². The number of benzene rings is 1. The number of anilines is 1. The van der Waals surface area contributed by atoms with Gasteiger partial charge in [-0.05, 0) is 37.1 Å². The maximum Gasteiger partial charge on any atom is 0.387 e. The van der Waals surface area contributed by atoms with Gasteiger partial charge >= 0.3 is 12.6 Å². The van der Waals surface area contributed by atoms with Crippen molar-refractivity contribution in [1.29, 1.82) is 0 Å². The molecule has 1 fully saturated rings. The first-order valence-corrected chi connectivity index (χ1v) is 7.10. The summed E-state index contributed by atoms with van der Waals surface area (Å²) >= 11 is 0. The minimum absolute atomic E-state index is 0.0310. The Bertz CT molecular complexity index is 670. The van der Waals surface area contributed by atoms with Crippen molar-refractivity contribution in [2.24, 2.45) is 0 Å². The van der Waals surface area contributed by atoms with Crippen molar-refractivity contribution in [3.05, 3.63) is 36.4 Å². The van der Waals surface area contributed by atoms with Gasteiger partial charge in [0, 0.05) is 11.7 Å². The number of ether oxygens (including phenoxy) is 1. The van der Waals surface area contributed by atoms with E-state index in [1.165, 1.54) is 24.3 Å². The number of nitrogens with one attached hydrogen (secondary N) is 2. The van der Waals surface area contributed by atoms with Crippen molar-refractivity contribution in [3.8, 4) is 5.75 Å². The Kier molecular flexibility index (Phi) is 4.35. The summed E-state index contributed by atoms with van der Waals surface area (Å²) < 4.78 is 30.3. The zero-order valence-corrected chi connectivity index (χ0v) is 12.1. The van der Waals surface area contributed by atoms with Gasteiger partial charge in [-0.2, -0.15) is 8.78 Å². The van der Waals surface area contributed by atoms with E-state index in [9.17, 15) is 13.6 Å². The fraction of sp³-hybridized carbons (Fsp3) is 0.357. The van der Waals surface area contributed by atoms with E-state index in [1.54, 1.807) is 6.33 Å². The minimum Gasteiger partial charge on any atom is -0.435 e. The number of carbonyl (C=O) groups is 1. The summed E-state index contributed by atoms with van der Waals surface area (Å²) in [5.41, 5.74) is 0.466. The summed E-state index contributed by atoms with van der Waals surface area (Å²) in [4.78, 5) is 11.8. The summed E-state index contributed by atoms with van der Waals surface area (Å²) in [7, 11) is 0. The molecule has 0 unspecified atom stereocenters. The van der Waals surface area contributed by atoms with E-state index in [0.717, 1.165) is 12.8 Å². The molecule has 9 heteroatoms. The van der Waals surface area contributed by atoms with Gasteiger partial charge in [0.1, 0.15) is 12.1 Å². The summed E-state index contributed by atoms with van der Waals surface area (Å²) in [6, 6.07) is 5.68. The fourth-order valence-corrected chi connectivity index (χ4v) is 2.11. The van der Waals surface area contributed by atoms with Crippen molar-refractivity contribution in [2.75, 3.05) is 5.32 Å². The number of hydrogen-bond acceptors (Lipinski definition) is 4. The van der Waals surface area contributed by atoms with Crippen molar-refractivity contribution in [1.82, 2.24) is 20.1 Å². The molecule has 2 N–H and O–H groups in total. The topological polar surface area (TPSA) is 81.1 Å². The van der Waals surface area contributed by atoms with Gasteiger partial charge in [0.2, 0.25) is 0 Å². The van der Waals surface area contributed by atoms with E-state index in [2.05, 4.69) is 25.6 Å². The Labute approximate surface area is 130 Å². The Morgan fingerprint density at radius 3 is 2.74 bits per heavy atom. The number of halogens is 2. The van der Waals surface area contributed by atoms with Gasteiger partial charge in [0.25, 0.3) is 0 Å². The smallest absolute Gasteiger partial charge is 0.387 e. The molecule has 2 amide bonds. The highest BCUT2D eigenvalue weighted by atomic mass is 19.3. The molecule has 23 heavy (non-hydrogen) atoms. The van der Waals surface area contributed by atoms with Gasteiger partial charge < -0.3 is 19.9 Å². The summed E-state index contributed by atoms with van der Waals surface area (Å²) in [5.74, 6) is 0.729. The highest BCUT2D eigenvalue weighted by Crippen LogP contribution is 2.35. The Morgan fingerprint density at radius 2 is 2.09 bits per heavy atom. The third-order valence-electron chi connectivity index (χ3n) is 3.33. The molecule has 7 nitrogen and oxygen atoms in total. The molecule has 1 aliphatic carbocycles. The molecule has 1 saturated carbocycles. The predicted molar refractivity (Wildman–Crippen MR) is 77.2 cm³/mol. The molecule has 0 saturated heterocycles. The zero-order chi connectivity index (χ0) is 16.2. The fourth-order valence-electron chi connectivity index (χ4n) is 2.11. The molecule has 0 spiro atoms. The second kappa shape index (κ2) is 6.59. The van der Waals surface area contributed by atoms with Crippen LogP contribution in [-0.2, 0) is 6.54 Å². The number of carbonyl (C=O) groups excluding carboxylic acids is 1. The molecule has 0 radical (unpaired) electrons. The average Bonchev–Trinajstić information content (AvgIpc) is 3.25. The molecule has 2 aromatic rings. The molecule has 0 atom stereocenters. The number of rotatable bonds is 6. The number of nitrogens with zero attached hydrogens (tertiary/aromatic N) is 3. The molecular weight excluding hydrogens is 308 g/mol. The lowest BCUT2D eigenvalue weighted by Gasteiger charge is -2.09. The van der Waals surface area contributed by atoms with Crippen LogP contribution in [0.15, 0.2) is 30.6 Å². The molecule has 1 heterocycles.